The highest BCUT2D eigenvalue weighted by molar-refractivity contribution is 5.86. The first kappa shape index (κ1) is 31.3. The maximum absolute atomic E-state index is 12.8. The molecule has 10 nitrogen and oxygen atoms in total. The van der Waals surface area contributed by atoms with E-state index >= 15 is 0 Å². The Balaban J connectivity index is 1.87. The van der Waals surface area contributed by atoms with Gasteiger partial charge in [0.1, 0.15) is 17.2 Å². The summed E-state index contributed by atoms with van der Waals surface area (Å²) in [6, 6.07) is 28.3. The van der Waals surface area contributed by atoms with Crippen molar-refractivity contribution >= 4 is 24.2 Å². The lowest BCUT2D eigenvalue weighted by atomic mass is 10.1. The number of carbonyl (C=O) groups is 4. The van der Waals surface area contributed by atoms with Gasteiger partial charge in [0.2, 0.25) is 18.3 Å². The van der Waals surface area contributed by atoms with Crippen molar-refractivity contribution in [1.29, 1.82) is 0 Å². The summed E-state index contributed by atoms with van der Waals surface area (Å²) in [4.78, 5) is 51.1. The molecule has 0 bridgehead atoms. The molecule has 3 unspecified atom stereocenters. The van der Waals surface area contributed by atoms with E-state index in [1.54, 1.807) is 91.0 Å². The quantitative estimate of drug-likeness (QED) is 0.113. The molecule has 0 spiro atoms. The minimum Gasteiger partial charge on any atom is -0.474 e. The van der Waals surface area contributed by atoms with Crippen LogP contribution in [0.15, 0.2) is 103 Å². The second-order valence-electron chi connectivity index (χ2n) is 9.25. The van der Waals surface area contributed by atoms with Crippen molar-refractivity contribution < 1.29 is 47.6 Å². The Bertz CT molecular complexity index is 1490. The minimum atomic E-state index is -1.29. The fourth-order valence-corrected chi connectivity index (χ4v) is 4.31. The first-order valence-electron chi connectivity index (χ1n) is 13.4. The monoisotopic (exact) mass is 598 g/mol. The highest BCUT2D eigenvalue weighted by Gasteiger charge is 2.31. The molecule has 44 heavy (non-hydrogen) atoms. The van der Waals surface area contributed by atoms with Crippen LogP contribution in [0.1, 0.15) is 45.4 Å². The molecule has 0 aliphatic rings. The minimum absolute atomic E-state index is 0.00760. The van der Waals surface area contributed by atoms with Crippen LogP contribution < -0.4 is 14.2 Å². The lowest BCUT2D eigenvalue weighted by Crippen LogP contribution is -2.23. The van der Waals surface area contributed by atoms with Crippen LogP contribution in [0.25, 0.3) is 0 Å². The van der Waals surface area contributed by atoms with E-state index in [9.17, 15) is 19.2 Å². The van der Waals surface area contributed by atoms with Gasteiger partial charge >= 0.3 is 17.9 Å². The number of ether oxygens (including phenoxy) is 6. The molecule has 0 radical (unpaired) electrons. The Morgan fingerprint density at radius 1 is 0.523 bits per heavy atom. The normalized spacial score (nSPS) is 12.5. The predicted molar refractivity (Wildman–Crippen MR) is 157 cm³/mol. The van der Waals surface area contributed by atoms with Gasteiger partial charge in [0.05, 0.1) is 26.9 Å². The van der Waals surface area contributed by atoms with Gasteiger partial charge in [-0.1, -0.05) is 91.0 Å². The highest BCUT2D eigenvalue weighted by atomic mass is 16.6. The van der Waals surface area contributed by atoms with E-state index in [0.29, 0.717) is 23.0 Å². The summed E-state index contributed by atoms with van der Waals surface area (Å²) in [6.45, 7) is 0. The van der Waals surface area contributed by atoms with Crippen molar-refractivity contribution in [3.8, 4) is 17.2 Å². The van der Waals surface area contributed by atoms with Crippen LogP contribution in [0.5, 0.6) is 17.2 Å². The number of aldehydes is 1. The van der Waals surface area contributed by atoms with Crippen LogP contribution in [-0.2, 0) is 28.6 Å². The largest absolute Gasteiger partial charge is 0.474 e. The maximum Gasteiger partial charge on any atom is 0.351 e. The summed E-state index contributed by atoms with van der Waals surface area (Å²) in [5.41, 5.74) is 1.23. The number of hydrogen-bond donors (Lipinski definition) is 0. The van der Waals surface area contributed by atoms with Gasteiger partial charge in [-0.15, -0.1) is 0 Å². The molecule has 10 heteroatoms. The Morgan fingerprint density at radius 2 is 0.841 bits per heavy atom. The average molecular weight is 599 g/mol. The smallest absolute Gasteiger partial charge is 0.351 e. The molecule has 0 saturated heterocycles. The highest BCUT2D eigenvalue weighted by Crippen LogP contribution is 2.39. The van der Waals surface area contributed by atoms with Gasteiger partial charge in [-0.3, -0.25) is 4.79 Å². The molecular weight excluding hydrogens is 568 g/mol. The number of carbonyl (C=O) groups excluding carboxylic acids is 4. The maximum atomic E-state index is 12.8. The molecule has 0 aliphatic carbocycles. The Kier molecular flexibility index (Phi) is 10.7. The van der Waals surface area contributed by atoms with Crippen LogP contribution in [0, 0.1) is 0 Å². The van der Waals surface area contributed by atoms with Crippen molar-refractivity contribution in [2.45, 2.75) is 18.3 Å². The van der Waals surface area contributed by atoms with E-state index in [-0.39, 0.29) is 22.8 Å². The lowest BCUT2D eigenvalue weighted by molar-refractivity contribution is -0.149. The third kappa shape index (κ3) is 7.40. The third-order valence-corrected chi connectivity index (χ3v) is 6.49. The summed E-state index contributed by atoms with van der Waals surface area (Å²) in [7, 11) is 3.64. The zero-order chi connectivity index (χ0) is 31.5. The molecular formula is C34H30O10. The van der Waals surface area contributed by atoms with Crippen molar-refractivity contribution in [2.24, 2.45) is 0 Å². The van der Waals surface area contributed by atoms with Gasteiger partial charge in [-0.2, -0.15) is 0 Å². The van der Waals surface area contributed by atoms with E-state index in [1.165, 1.54) is 33.5 Å². The van der Waals surface area contributed by atoms with E-state index in [0.717, 1.165) is 0 Å². The Morgan fingerprint density at radius 3 is 1.14 bits per heavy atom. The molecule has 3 atom stereocenters. The number of rotatable bonds is 13. The molecule has 226 valence electrons. The van der Waals surface area contributed by atoms with E-state index in [4.69, 9.17) is 28.4 Å². The number of esters is 3. The van der Waals surface area contributed by atoms with Gasteiger partial charge in [-0.05, 0) is 0 Å². The Hall–Kier alpha value is -5.64. The summed E-state index contributed by atoms with van der Waals surface area (Å²) >= 11 is 0. The van der Waals surface area contributed by atoms with Gasteiger partial charge in [0.15, 0.2) is 6.29 Å². The molecule has 4 aromatic carbocycles. The molecule has 0 N–H and O–H groups in total. The molecule has 4 aromatic rings. The predicted octanol–water partition coefficient (Wildman–Crippen LogP) is 5.38. The van der Waals surface area contributed by atoms with Gasteiger partial charge in [-0.25, -0.2) is 14.4 Å². The first-order chi connectivity index (χ1) is 21.4. The van der Waals surface area contributed by atoms with Gasteiger partial charge in [0.25, 0.3) is 0 Å². The zero-order valence-electron chi connectivity index (χ0n) is 24.2. The van der Waals surface area contributed by atoms with E-state index < -0.39 is 36.2 Å². The third-order valence-electron chi connectivity index (χ3n) is 6.49. The van der Waals surface area contributed by atoms with Crippen molar-refractivity contribution in [3.63, 3.8) is 0 Å². The van der Waals surface area contributed by atoms with Crippen molar-refractivity contribution in [3.05, 3.63) is 125 Å². The fraction of sp³-hybridized carbons (Fsp3) is 0.176. The molecule has 0 aliphatic heterocycles. The van der Waals surface area contributed by atoms with Gasteiger partial charge in [0, 0.05) is 28.8 Å². The fourth-order valence-electron chi connectivity index (χ4n) is 4.31. The second kappa shape index (κ2) is 15.0. The number of methoxy groups -OCH3 is 3. The lowest BCUT2D eigenvalue weighted by Gasteiger charge is -2.24. The topological polar surface area (TPSA) is 124 Å². The SMILES string of the molecule is COC(=O)C(Oc1cc(OC(C(=O)OC)c2ccccc2)c(C=O)c(OC(C(=O)OC)c2ccccc2)c1)c1ccccc1. The second-order valence-corrected chi connectivity index (χ2v) is 9.25. The molecule has 0 saturated carbocycles. The van der Waals surface area contributed by atoms with E-state index in [1.807, 2.05) is 0 Å². The summed E-state index contributed by atoms with van der Waals surface area (Å²) in [5.74, 6) is -2.45. The van der Waals surface area contributed by atoms with Crippen LogP contribution in [0.4, 0.5) is 0 Å². The standard InChI is InChI=1S/C34H30O10/c1-39-32(36)29(22-13-7-4-8-14-22)42-25-19-27(43-30(33(37)40-2)23-15-9-5-10-16-23)26(21-35)28(20-25)44-31(34(38)41-3)24-17-11-6-12-18-24/h4-21,29-31H,1-3H3. The molecule has 0 heterocycles. The van der Waals surface area contributed by atoms with Crippen molar-refractivity contribution in [2.75, 3.05) is 21.3 Å². The Labute approximate surface area is 254 Å². The van der Waals surface area contributed by atoms with E-state index in [2.05, 4.69) is 0 Å². The van der Waals surface area contributed by atoms with Crippen LogP contribution >= 0.6 is 0 Å². The number of hydrogen-bond acceptors (Lipinski definition) is 10. The zero-order valence-corrected chi connectivity index (χ0v) is 24.2. The van der Waals surface area contributed by atoms with Gasteiger partial charge < -0.3 is 28.4 Å². The average Bonchev–Trinajstić information content (AvgIpc) is 3.08. The van der Waals surface area contributed by atoms with Crippen molar-refractivity contribution in [1.82, 2.24) is 0 Å². The first-order valence-corrected chi connectivity index (χ1v) is 13.4. The van der Waals surface area contributed by atoms with Crippen LogP contribution in [0.3, 0.4) is 0 Å². The molecule has 4 rings (SSSR count). The summed E-state index contributed by atoms with van der Waals surface area (Å²) < 4.78 is 33.2. The summed E-state index contributed by atoms with van der Waals surface area (Å²) in [6.07, 6.45) is -3.35. The molecule has 0 amide bonds. The van der Waals surface area contributed by atoms with Crippen LogP contribution in [-0.4, -0.2) is 45.5 Å². The molecule has 0 fully saturated rings. The number of benzene rings is 4. The molecule has 0 aromatic heterocycles. The van der Waals surface area contributed by atoms with Crippen LogP contribution in [0.2, 0.25) is 0 Å². The summed E-state index contributed by atoms with van der Waals surface area (Å²) in [5, 5.41) is 0.